The van der Waals surface area contributed by atoms with Crippen molar-refractivity contribution >= 4 is 0 Å². The number of likely N-dealkylation sites (N-methyl/N-ethyl adjacent to an activating group) is 1. The van der Waals surface area contributed by atoms with Crippen LogP contribution in [0.15, 0.2) is 12.3 Å². The molecule has 0 amide bonds. The summed E-state index contributed by atoms with van der Waals surface area (Å²) in [5.41, 5.74) is 0. The third kappa shape index (κ3) is 7.50. The third-order valence-electron chi connectivity index (χ3n) is 0.874. The van der Waals surface area contributed by atoms with E-state index in [1.165, 1.54) is 0 Å². The van der Waals surface area contributed by atoms with E-state index in [1.807, 2.05) is 19.0 Å². The van der Waals surface area contributed by atoms with Gasteiger partial charge < -0.3 is 9.80 Å². The molecular weight excluding hydrogens is 112 g/mol. The van der Waals surface area contributed by atoms with Gasteiger partial charge in [0.1, 0.15) is 0 Å². The summed E-state index contributed by atoms with van der Waals surface area (Å²) in [5, 5.41) is 0. The Morgan fingerprint density at radius 3 is 2.00 bits per heavy atom. The van der Waals surface area contributed by atoms with E-state index in [1.54, 1.807) is 0 Å². The van der Waals surface area contributed by atoms with E-state index in [4.69, 9.17) is 0 Å². The Labute approximate surface area is 57.8 Å². The molecule has 2 heteroatoms. The monoisotopic (exact) mass is 128 g/mol. The van der Waals surface area contributed by atoms with E-state index < -0.39 is 0 Å². The molecule has 0 aliphatic rings. The summed E-state index contributed by atoms with van der Waals surface area (Å²) in [5.74, 6) is 0. The lowest BCUT2D eigenvalue weighted by atomic mass is 10.5. The summed E-state index contributed by atoms with van der Waals surface area (Å²) in [6, 6.07) is 0. The zero-order valence-corrected chi connectivity index (χ0v) is 6.76. The van der Waals surface area contributed by atoms with Gasteiger partial charge in [0, 0.05) is 20.6 Å². The van der Waals surface area contributed by atoms with Gasteiger partial charge in [-0.15, -0.1) is 0 Å². The summed E-state index contributed by atoms with van der Waals surface area (Å²) < 4.78 is 0. The zero-order chi connectivity index (χ0) is 7.28. The molecule has 0 atom stereocenters. The lowest BCUT2D eigenvalue weighted by Crippen LogP contribution is -2.11. The Kier molecular flexibility index (Phi) is 4.14. The van der Waals surface area contributed by atoms with E-state index in [0.29, 0.717) is 0 Å². The van der Waals surface area contributed by atoms with Crippen molar-refractivity contribution in [2.75, 3.05) is 34.7 Å². The van der Waals surface area contributed by atoms with Gasteiger partial charge >= 0.3 is 0 Å². The first-order valence-corrected chi connectivity index (χ1v) is 3.10. The molecule has 0 bridgehead atoms. The lowest BCUT2D eigenvalue weighted by molar-refractivity contribution is 0.451. The summed E-state index contributed by atoms with van der Waals surface area (Å²) in [7, 11) is 8.15. The van der Waals surface area contributed by atoms with Gasteiger partial charge in [-0.3, -0.25) is 0 Å². The van der Waals surface area contributed by atoms with Crippen molar-refractivity contribution in [1.29, 1.82) is 0 Å². The van der Waals surface area contributed by atoms with Crippen LogP contribution in [0, 0.1) is 0 Å². The molecule has 0 unspecified atom stereocenters. The lowest BCUT2D eigenvalue weighted by Gasteiger charge is -2.06. The fraction of sp³-hybridized carbons (Fsp3) is 0.714. The van der Waals surface area contributed by atoms with E-state index >= 15 is 0 Å². The molecule has 0 fully saturated rings. The standard InChI is InChI=1S/C7H16N2/c1-8(2)6-5-7-9(3)4/h5-6H,7H2,1-4H3/b6-5-. The van der Waals surface area contributed by atoms with E-state index in [9.17, 15) is 0 Å². The van der Waals surface area contributed by atoms with Crippen LogP contribution < -0.4 is 0 Å². The van der Waals surface area contributed by atoms with Crippen molar-refractivity contribution in [2.24, 2.45) is 0 Å². The number of rotatable bonds is 3. The first-order valence-electron chi connectivity index (χ1n) is 3.10. The first kappa shape index (κ1) is 8.50. The van der Waals surface area contributed by atoms with E-state index in [0.717, 1.165) is 6.54 Å². The van der Waals surface area contributed by atoms with Crippen molar-refractivity contribution in [3.05, 3.63) is 12.3 Å². The molecule has 0 radical (unpaired) electrons. The number of hydrogen-bond acceptors (Lipinski definition) is 2. The Balaban J connectivity index is 3.25. The second-order valence-electron chi connectivity index (χ2n) is 2.61. The number of nitrogens with zero attached hydrogens (tertiary/aromatic N) is 2. The molecule has 2 nitrogen and oxygen atoms in total. The molecule has 0 aromatic carbocycles. The third-order valence-corrected chi connectivity index (χ3v) is 0.874. The fourth-order valence-corrected chi connectivity index (χ4v) is 0.469. The van der Waals surface area contributed by atoms with Crippen LogP contribution in [0.2, 0.25) is 0 Å². The zero-order valence-electron chi connectivity index (χ0n) is 6.76. The Morgan fingerprint density at radius 1 is 1.11 bits per heavy atom. The molecular formula is C7H16N2. The van der Waals surface area contributed by atoms with Crippen LogP contribution in [0.4, 0.5) is 0 Å². The fourth-order valence-electron chi connectivity index (χ4n) is 0.469. The molecule has 0 rings (SSSR count). The second kappa shape index (κ2) is 4.39. The predicted molar refractivity (Wildman–Crippen MR) is 41.4 cm³/mol. The average molecular weight is 128 g/mol. The van der Waals surface area contributed by atoms with Crippen LogP contribution in [0.1, 0.15) is 0 Å². The quantitative estimate of drug-likeness (QED) is 0.550. The molecule has 0 aromatic heterocycles. The van der Waals surface area contributed by atoms with Crippen LogP contribution in [-0.2, 0) is 0 Å². The van der Waals surface area contributed by atoms with Crippen LogP contribution in [0.5, 0.6) is 0 Å². The summed E-state index contributed by atoms with van der Waals surface area (Å²) in [6.07, 6.45) is 4.18. The predicted octanol–water partition coefficient (Wildman–Crippen LogP) is 0.623. The van der Waals surface area contributed by atoms with Crippen molar-refractivity contribution in [3.8, 4) is 0 Å². The molecule has 54 valence electrons. The molecule has 9 heavy (non-hydrogen) atoms. The highest BCUT2D eigenvalue weighted by Gasteiger charge is 1.80. The minimum absolute atomic E-state index is 1.01. The molecule has 0 saturated carbocycles. The highest BCUT2D eigenvalue weighted by Crippen LogP contribution is 1.79. The SMILES string of the molecule is CN(C)/C=C\CN(C)C. The second-order valence-corrected chi connectivity index (χ2v) is 2.61. The molecule has 0 aliphatic heterocycles. The van der Waals surface area contributed by atoms with Gasteiger partial charge in [-0.1, -0.05) is 6.08 Å². The van der Waals surface area contributed by atoms with Crippen LogP contribution in [0.25, 0.3) is 0 Å². The normalized spacial score (nSPS) is 11.2. The maximum Gasteiger partial charge on any atom is 0.0174 e. The van der Waals surface area contributed by atoms with Gasteiger partial charge in [0.2, 0.25) is 0 Å². The van der Waals surface area contributed by atoms with Crippen molar-refractivity contribution in [2.45, 2.75) is 0 Å². The molecule has 0 heterocycles. The molecule has 0 aromatic rings. The van der Waals surface area contributed by atoms with Crippen molar-refractivity contribution < 1.29 is 0 Å². The summed E-state index contributed by atoms with van der Waals surface area (Å²) in [6.45, 7) is 1.01. The van der Waals surface area contributed by atoms with Gasteiger partial charge in [-0.25, -0.2) is 0 Å². The highest BCUT2D eigenvalue weighted by atomic mass is 15.1. The first-order chi connectivity index (χ1) is 4.13. The van der Waals surface area contributed by atoms with Gasteiger partial charge in [-0.05, 0) is 20.3 Å². The summed E-state index contributed by atoms with van der Waals surface area (Å²) >= 11 is 0. The van der Waals surface area contributed by atoms with Gasteiger partial charge in [0.15, 0.2) is 0 Å². The van der Waals surface area contributed by atoms with Crippen LogP contribution in [-0.4, -0.2) is 44.5 Å². The largest absolute Gasteiger partial charge is 0.384 e. The highest BCUT2D eigenvalue weighted by molar-refractivity contribution is 4.80. The Hall–Kier alpha value is -0.500. The topological polar surface area (TPSA) is 6.48 Å². The van der Waals surface area contributed by atoms with Crippen LogP contribution in [0.3, 0.4) is 0 Å². The van der Waals surface area contributed by atoms with Gasteiger partial charge in [0.25, 0.3) is 0 Å². The summed E-state index contributed by atoms with van der Waals surface area (Å²) in [4.78, 5) is 4.16. The molecule has 0 saturated heterocycles. The minimum Gasteiger partial charge on any atom is -0.384 e. The maximum atomic E-state index is 2.12. The number of hydrogen-bond donors (Lipinski definition) is 0. The Morgan fingerprint density at radius 2 is 1.67 bits per heavy atom. The average Bonchev–Trinajstić information content (AvgIpc) is 1.63. The van der Waals surface area contributed by atoms with Crippen LogP contribution >= 0.6 is 0 Å². The van der Waals surface area contributed by atoms with E-state index in [2.05, 4.69) is 31.3 Å². The minimum atomic E-state index is 1.01. The Bertz CT molecular complexity index is 84.9. The molecule has 0 aliphatic carbocycles. The molecule has 0 N–H and O–H groups in total. The van der Waals surface area contributed by atoms with Gasteiger partial charge in [0.05, 0.1) is 0 Å². The van der Waals surface area contributed by atoms with Gasteiger partial charge in [-0.2, -0.15) is 0 Å². The van der Waals surface area contributed by atoms with E-state index in [-0.39, 0.29) is 0 Å². The smallest absolute Gasteiger partial charge is 0.0174 e. The molecule has 0 spiro atoms. The van der Waals surface area contributed by atoms with Crippen molar-refractivity contribution in [3.63, 3.8) is 0 Å². The maximum absolute atomic E-state index is 2.12. The van der Waals surface area contributed by atoms with Crippen molar-refractivity contribution in [1.82, 2.24) is 9.80 Å².